The number of halogens is 2. The van der Waals surface area contributed by atoms with E-state index in [2.05, 4.69) is 51.0 Å². The van der Waals surface area contributed by atoms with Gasteiger partial charge >= 0.3 is 0 Å². The lowest BCUT2D eigenvalue weighted by atomic mass is 10.0. The second-order valence-corrected chi connectivity index (χ2v) is 6.30. The zero-order valence-electron chi connectivity index (χ0n) is 11.4. The molecule has 1 aromatic carbocycles. The first-order valence-corrected chi connectivity index (χ1v) is 8.09. The molecule has 1 aromatic rings. The number of hydrogen-bond donors (Lipinski definition) is 1. The molecular weight excluding hydrogens is 374 g/mol. The number of amides is 1. The fraction of sp³-hybridized carbons (Fsp3) is 0.500. The highest BCUT2D eigenvalue weighted by atomic mass is 79.9. The van der Waals surface area contributed by atoms with Crippen molar-refractivity contribution < 1.29 is 9.53 Å². The molecule has 0 aliphatic carbocycles. The average molecular weight is 393 g/mol. The van der Waals surface area contributed by atoms with Gasteiger partial charge in [0.25, 0.3) is 5.91 Å². The van der Waals surface area contributed by atoms with Gasteiger partial charge in [0.05, 0.1) is 12.7 Å². The van der Waals surface area contributed by atoms with Crippen molar-refractivity contribution in [3.05, 3.63) is 28.2 Å². The summed E-state index contributed by atoms with van der Waals surface area (Å²) in [5.41, 5.74) is 0.592. The molecule has 1 unspecified atom stereocenters. The monoisotopic (exact) mass is 391 g/mol. The minimum Gasteiger partial charge on any atom is -0.497 e. The lowest BCUT2D eigenvalue weighted by Crippen LogP contribution is -2.37. The average Bonchev–Trinajstić information content (AvgIpc) is 2.37. The summed E-state index contributed by atoms with van der Waals surface area (Å²) in [4.78, 5) is 12.3. The molecule has 0 aromatic heterocycles. The van der Waals surface area contributed by atoms with E-state index in [1.807, 2.05) is 12.1 Å². The Kier molecular flexibility index (Phi) is 6.86. The van der Waals surface area contributed by atoms with Crippen molar-refractivity contribution in [1.29, 1.82) is 0 Å². The fourth-order valence-corrected chi connectivity index (χ4v) is 2.65. The Bertz CT molecular complexity index is 435. The van der Waals surface area contributed by atoms with E-state index in [0.29, 0.717) is 17.2 Å². The molecule has 1 amide bonds. The van der Waals surface area contributed by atoms with Crippen LogP contribution in [0.25, 0.3) is 0 Å². The van der Waals surface area contributed by atoms with Crippen LogP contribution in [0.4, 0.5) is 0 Å². The number of alkyl halides is 1. The zero-order valence-corrected chi connectivity index (χ0v) is 14.5. The van der Waals surface area contributed by atoms with E-state index in [1.54, 1.807) is 13.2 Å². The van der Waals surface area contributed by atoms with Crippen molar-refractivity contribution in [2.24, 2.45) is 5.92 Å². The minimum atomic E-state index is -0.0872. The number of benzene rings is 1. The Labute approximate surface area is 131 Å². The lowest BCUT2D eigenvalue weighted by molar-refractivity contribution is 0.0936. The number of methoxy groups -OCH3 is 1. The molecule has 3 nitrogen and oxygen atoms in total. The van der Waals surface area contributed by atoms with Crippen LogP contribution >= 0.6 is 31.9 Å². The van der Waals surface area contributed by atoms with Crippen molar-refractivity contribution in [1.82, 2.24) is 5.32 Å². The smallest absolute Gasteiger partial charge is 0.252 e. The van der Waals surface area contributed by atoms with Gasteiger partial charge < -0.3 is 10.1 Å². The molecule has 0 heterocycles. The van der Waals surface area contributed by atoms with Crippen LogP contribution in [-0.4, -0.2) is 24.4 Å². The quantitative estimate of drug-likeness (QED) is 0.743. The second-order valence-electron chi connectivity index (χ2n) is 4.80. The highest BCUT2D eigenvalue weighted by Crippen LogP contribution is 2.22. The maximum Gasteiger partial charge on any atom is 0.252 e. The van der Waals surface area contributed by atoms with E-state index in [4.69, 9.17) is 4.74 Å². The maximum absolute atomic E-state index is 12.3. The van der Waals surface area contributed by atoms with E-state index in [1.165, 1.54) is 0 Å². The normalized spacial score (nSPS) is 12.3. The largest absolute Gasteiger partial charge is 0.497 e. The van der Waals surface area contributed by atoms with Crippen LogP contribution < -0.4 is 10.1 Å². The Morgan fingerprint density at radius 1 is 1.42 bits per heavy atom. The maximum atomic E-state index is 12.3. The summed E-state index contributed by atoms with van der Waals surface area (Å²) in [6.07, 6.45) is 0.943. The Hall–Kier alpha value is -0.550. The molecular formula is C14H19Br2NO2. The molecule has 0 bridgehead atoms. The van der Waals surface area contributed by atoms with E-state index in [9.17, 15) is 4.79 Å². The number of nitrogens with one attached hydrogen (secondary N) is 1. The third-order valence-electron chi connectivity index (χ3n) is 2.70. The Morgan fingerprint density at radius 3 is 2.63 bits per heavy atom. The van der Waals surface area contributed by atoms with Crippen molar-refractivity contribution in [2.75, 3.05) is 12.4 Å². The molecule has 0 saturated carbocycles. The molecule has 0 fully saturated rings. The summed E-state index contributed by atoms with van der Waals surface area (Å²) in [7, 11) is 1.59. The van der Waals surface area contributed by atoms with E-state index >= 15 is 0 Å². The summed E-state index contributed by atoms with van der Waals surface area (Å²) in [5.74, 6) is 1.13. The van der Waals surface area contributed by atoms with Crippen molar-refractivity contribution in [2.45, 2.75) is 26.3 Å². The first-order chi connectivity index (χ1) is 8.97. The van der Waals surface area contributed by atoms with Gasteiger partial charge in [-0.1, -0.05) is 29.8 Å². The van der Waals surface area contributed by atoms with Gasteiger partial charge in [0, 0.05) is 15.8 Å². The third-order valence-corrected chi connectivity index (χ3v) is 4.17. The van der Waals surface area contributed by atoms with Crippen molar-refractivity contribution in [3.63, 3.8) is 0 Å². The van der Waals surface area contributed by atoms with E-state index < -0.39 is 0 Å². The van der Waals surface area contributed by atoms with Crippen LogP contribution in [-0.2, 0) is 0 Å². The molecule has 5 heteroatoms. The van der Waals surface area contributed by atoms with E-state index in [0.717, 1.165) is 16.2 Å². The van der Waals surface area contributed by atoms with Gasteiger partial charge in [0.2, 0.25) is 0 Å². The number of hydrogen-bond acceptors (Lipinski definition) is 2. The first-order valence-electron chi connectivity index (χ1n) is 6.18. The topological polar surface area (TPSA) is 38.3 Å². The number of carbonyl (C=O) groups excluding carboxylic acids is 1. The highest BCUT2D eigenvalue weighted by molar-refractivity contribution is 9.10. The van der Waals surface area contributed by atoms with Crippen LogP contribution in [0.5, 0.6) is 5.75 Å². The highest BCUT2D eigenvalue weighted by Gasteiger charge is 2.16. The number of rotatable bonds is 6. The number of carbonyl (C=O) groups is 1. The van der Waals surface area contributed by atoms with Crippen molar-refractivity contribution in [3.8, 4) is 5.75 Å². The Morgan fingerprint density at radius 2 is 2.11 bits per heavy atom. The molecule has 19 heavy (non-hydrogen) atoms. The van der Waals surface area contributed by atoms with Crippen LogP contribution in [0, 0.1) is 5.92 Å². The van der Waals surface area contributed by atoms with Crippen molar-refractivity contribution >= 4 is 37.8 Å². The van der Waals surface area contributed by atoms with Gasteiger partial charge in [0.15, 0.2) is 0 Å². The Balaban J connectivity index is 2.81. The van der Waals surface area contributed by atoms with Crippen LogP contribution in [0.3, 0.4) is 0 Å². The second kappa shape index (κ2) is 7.90. The molecule has 0 aliphatic heterocycles. The first kappa shape index (κ1) is 16.5. The molecule has 0 aliphatic rings. The molecule has 0 saturated heterocycles. The van der Waals surface area contributed by atoms with Gasteiger partial charge in [-0.3, -0.25) is 4.79 Å². The molecule has 0 spiro atoms. The van der Waals surface area contributed by atoms with Gasteiger partial charge in [-0.25, -0.2) is 0 Å². The minimum absolute atomic E-state index is 0.0872. The van der Waals surface area contributed by atoms with Crippen LogP contribution in [0.1, 0.15) is 30.6 Å². The molecule has 0 radical (unpaired) electrons. The third kappa shape index (κ3) is 5.15. The number of ether oxygens (including phenoxy) is 1. The van der Waals surface area contributed by atoms with Gasteiger partial charge in [-0.15, -0.1) is 0 Å². The predicted molar refractivity (Wildman–Crippen MR) is 85.2 cm³/mol. The van der Waals surface area contributed by atoms with Gasteiger partial charge in [-0.05, 0) is 46.5 Å². The summed E-state index contributed by atoms with van der Waals surface area (Å²) >= 11 is 6.84. The van der Waals surface area contributed by atoms with Gasteiger partial charge in [0.1, 0.15) is 5.75 Å². The predicted octanol–water partition coefficient (Wildman–Crippen LogP) is 4.00. The zero-order chi connectivity index (χ0) is 14.4. The summed E-state index contributed by atoms with van der Waals surface area (Å²) in [6.45, 7) is 4.28. The standard InChI is InChI=1S/C14H19Br2NO2/c1-9(2)6-10(8-15)17-14(18)12-7-11(19-3)4-5-13(12)16/h4-5,7,9-10H,6,8H2,1-3H3,(H,17,18). The lowest BCUT2D eigenvalue weighted by Gasteiger charge is -2.19. The molecule has 106 valence electrons. The summed E-state index contributed by atoms with van der Waals surface area (Å²) in [6, 6.07) is 5.50. The van der Waals surface area contributed by atoms with Crippen LogP contribution in [0.2, 0.25) is 0 Å². The summed E-state index contributed by atoms with van der Waals surface area (Å²) < 4.78 is 5.91. The van der Waals surface area contributed by atoms with E-state index in [-0.39, 0.29) is 11.9 Å². The van der Waals surface area contributed by atoms with Crippen LogP contribution in [0.15, 0.2) is 22.7 Å². The fourth-order valence-electron chi connectivity index (χ4n) is 1.80. The SMILES string of the molecule is COc1ccc(Br)c(C(=O)NC(CBr)CC(C)C)c1. The molecule has 1 rings (SSSR count). The molecule has 1 N–H and O–H groups in total. The molecule has 1 atom stereocenters. The summed E-state index contributed by atoms with van der Waals surface area (Å²) in [5, 5.41) is 3.78. The van der Waals surface area contributed by atoms with Gasteiger partial charge in [-0.2, -0.15) is 0 Å².